The van der Waals surface area contributed by atoms with Crippen LogP contribution in [0.15, 0.2) is 18.2 Å². The normalized spacial score (nSPS) is 18.8. The third-order valence-corrected chi connectivity index (χ3v) is 4.15. The fourth-order valence-electron chi connectivity index (χ4n) is 1.60. The highest BCUT2D eigenvalue weighted by molar-refractivity contribution is 7.92. The van der Waals surface area contributed by atoms with Gasteiger partial charge in [0, 0.05) is 7.05 Å². The maximum absolute atomic E-state index is 11.5. The van der Waals surface area contributed by atoms with Gasteiger partial charge in [-0.2, -0.15) is 0 Å². The minimum Gasteiger partial charge on any atom is -0.273 e. The minimum absolute atomic E-state index is 0.144. The largest absolute Gasteiger partial charge is 0.273 e. The van der Waals surface area contributed by atoms with Gasteiger partial charge in [-0.05, 0) is 24.1 Å². The highest BCUT2D eigenvalue weighted by atomic mass is 32.2. The lowest BCUT2D eigenvalue weighted by Gasteiger charge is -2.10. The van der Waals surface area contributed by atoms with Gasteiger partial charge >= 0.3 is 0 Å². The lowest BCUT2D eigenvalue weighted by Crippen LogP contribution is -2.20. The van der Waals surface area contributed by atoms with E-state index in [1.807, 2.05) is 25.1 Å². The molecule has 0 atom stereocenters. The van der Waals surface area contributed by atoms with Gasteiger partial charge in [-0.25, -0.2) is 8.42 Å². The van der Waals surface area contributed by atoms with Crippen LogP contribution >= 0.6 is 0 Å². The second-order valence-electron chi connectivity index (χ2n) is 3.30. The van der Waals surface area contributed by atoms with Gasteiger partial charge in [-0.3, -0.25) is 4.31 Å². The second-order valence-corrected chi connectivity index (χ2v) is 5.30. The van der Waals surface area contributed by atoms with Crippen LogP contribution in [-0.2, 0) is 15.8 Å². The van der Waals surface area contributed by atoms with Crippen molar-refractivity contribution in [2.24, 2.45) is 0 Å². The molecule has 0 fully saturated rings. The van der Waals surface area contributed by atoms with Gasteiger partial charge in [-0.1, -0.05) is 12.1 Å². The monoisotopic (exact) mass is 197 g/mol. The molecule has 2 rings (SSSR count). The topological polar surface area (TPSA) is 37.4 Å². The fourth-order valence-corrected chi connectivity index (χ4v) is 3.00. The Bertz CT molecular complexity index is 451. The summed E-state index contributed by atoms with van der Waals surface area (Å²) < 4.78 is 24.3. The molecule has 0 unspecified atom stereocenters. The van der Waals surface area contributed by atoms with E-state index in [2.05, 4.69) is 0 Å². The summed E-state index contributed by atoms with van der Waals surface area (Å²) in [5.41, 5.74) is 2.80. The molecule has 1 heterocycles. The van der Waals surface area contributed by atoms with E-state index in [4.69, 9.17) is 0 Å². The van der Waals surface area contributed by atoms with Crippen molar-refractivity contribution >= 4 is 15.7 Å². The van der Waals surface area contributed by atoms with Crippen molar-refractivity contribution in [2.45, 2.75) is 12.7 Å². The molecule has 1 aromatic rings. The first-order chi connectivity index (χ1) is 6.02. The maximum atomic E-state index is 11.5. The number of nitrogens with zero attached hydrogens (tertiary/aromatic N) is 1. The molecule has 13 heavy (non-hydrogen) atoms. The molecule has 0 saturated heterocycles. The molecule has 0 bridgehead atoms. The first-order valence-corrected chi connectivity index (χ1v) is 5.68. The van der Waals surface area contributed by atoms with Gasteiger partial charge in [-0.15, -0.1) is 0 Å². The Labute approximate surface area is 78.0 Å². The Hall–Kier alpha value is -1.03. The minimum atomic E-state index is -3.07. The molecule has 70 valence electrons. The second kappa shape index (κ2) is 2.48. The van der Waals surface area contributed by atoms with Gasteiger partial charge in [0.1, 0.15) is 0 Å². The molecule has 1 aliphatic rings. The van der Waals surface area contributed by atoms with Gasteiger partial charge in [0.25, 0.3) is 0 Å². The maximum Gasteiger partial charge on any atom is 0.239 e. The van der Waals surface area contributed by atoms with Crippen LogP contribution in [0.25, 0.3) is 0 Å². The smallest absolute Gasteiger partial charge is 0.239 e. The summed E-state index contributed by atoms with van der Waals surface area (Å²) in [6.07, 6.45) is 0. The number of hydrogen-bond acceptors (Lipinski definition) is 2. The Balaban J connectivity index is 2.69. The third kappa shape index (κ3) is 1.13. The van der Waals surface area contributed by atoms with Gasteiger partial charge in [0.2, 0.25) is 10.0 Å². The zero-order valence-corrected chi connectivity index (χ0v) is 8.43. The number of sulfonamides is 1. The van der Waals surface area contributed by atoms with E-state index in [1.54, 1.807) is 7.05 Å². The summed E-state index contributed by atoms with van der Waals surface area (Å²) in [6.45, 7) is 1.94. The lowest BCUT2D eigenvalue weighted by atomic mass is 10.1. The van der Waals surface area contributed by atoms with Gasteiger partial charge in [0.15, 0.2) is 0 Å². The SMILES string of the molecule is Cc1cccc2c1CS(=O)(=O)N2C. The summed E-state index contributed by atoms with van der Waals surface area (Å²) >= 11 is 0. The van der Waals surface area contributed by atoms with Crippen molar-refractivity contribution in [3.05, 3.63) is 29.3 Å². The number of anilines is 1. The van der Waals surface area contributed by atoms with Crippen molar-refractivity contribution in [3.8, 4) is 0 Å². The number of benzene rings is 1. The Morgan fingerprint density at radius 3 is 2.69 bits per heavy atom. The van der Waals surface area contributed by atoms with Crippen molar-refractivity contribution in [2.75, 3.05) is 11.4 Å². The molecule has 1 aromatic carbocycles. The molecule has 0 saturated carbocycles. The molecule has 3 nitrogen and oxygen atoms in total. The predicted molar refractivity (Wildman–Crippen MR) is 52.2 cm³/mol. The van der Waals surface area contributed by atoms with Gasteiger partial charge in [0.05, 0.1) is 11.4 Å². The van der Waals surface area contributed by atoms with E-state index in [0.29, 0.717) is 0 Å². The Kier molecular flexibility index (Phi) is 1.63. The van der Waals surface area contributed by atoms with E-state index in [1.165, 1.54) is 4.31 Å². The highest BCUT2D eigenvalue weighted by Gasteiger charge is 2.30. The summed E-state index contributed by atoms with van der Waals surface area (Å²) in [4.78, 5) is 0. The summed E-state index contributed by atoms with van der Waals surface area (Å²) in [7, 11) is -1.48. The van der Waals surface area contributed by atoms with Crippen LogP contribution in [0.4, 0.5) is 5.69 Å². The molecule has 0 aromatic heterocycles. The van der Waals surface area contributed by atoms with E-state index in [0.717, 1.165) is 16.8 Å². The van der Waals surface area contributed by atoms with Crippen LogP contribution in [0, 0.1) is 6.92 Å². The number of rotatable bonds is 0. The molecular weight excluding hydrogens is 186 g/mol. The first kappa shape index (κ1) is 8.56. The van der Waals surface area contributed by atoms with E-state index in [-0.39, 0.29) is 5.75 Å². The van der Waals surface area contributed by atoms with Crippen LogP contribution in [0.5, 0.6) is 0 Å². The van der Waals surface area contributed by atoms with E-state index < -0.39 is 10.0 Å². The summed E-state index contributed by atoms with van der Waals surface area (Å²) in [6, 6.07) is 5.66. The van der Waals surface area contributed by atoms with Crippen molar-refractivity contribution in [1.82, 2.24) is 0 Å². The van der Waals surface area contributed by atoms with Crippen LogP contribution < -0.4 is 4.31 Å². The highest BCUT2D eigenvalue weighted by Crippen LogP contribution is 2.33. The standard InChI is InChI=1S/C9H11NO2S/c1-7-4-3-5-9-8(7)6-13(11,12)10(9)2/h3-5H,6H2,1-2H3. The molecular formula is C9H11NO2S. The molecule has 0 spiro atoms. The molecule has 0 radical (unpaired) electrons. The molecule has 4 heteroatoms. The van der Waals surface area contributed by atoms with Crippen molar-refractivity contribution < 1.29 is 8.42 Å². The quantitative estimate of drug-likeness (QED) is 0.628. The fraction of sp³-hybridized carbons (Fsp3) is 0.333. The Morgan fingerprint density at radius 1 is 1.38 bits per heavy atom. The van der Waals surface area contributed by atoms with E-state index >= 15 is 0 Å². The molecule has 0 N–H and O–H groups in total. The zero-order chi connectivity index (χ0) is 9.64. The zero-order valence-electron chi connectivity index (χ0n) is 7.61. The van der Waals surface area contributed by atoms with Crippen LogP contribution in [0.2, 0.25) is 0 Å². The van der Waals surface area contributed by atoms with Gasteiger partial charge < -0.3 is 0 Å². The van der Waals surface area contributed by atoms with Crippen LogP contribution in [0.1, 0.15) is 11.1 Å². The molecule has 0 aliphatic carbocycles. The number of aryl methyl sites for hydroxylation is 1. The molecule has 0 amide bonds. The van der Waals surface area contributed by atoms with Crippen molar-refractivity contribution in [1.29, 1.82) is 0 Å². The van der Waals surface area contributed by atoms with E-state index in [9.17, 15) is 8.42 Å². The van der Waals surface area contributed by atoms with Crippen LogP contribution in [-0.4, -0.2) is 15.5 Å². The third-order valence-electron chi connectivity index (χ3n) is 2.47. The molecule has 1 aliphatic heterocycles. The first-order valence-electron chi connectivity index (χ1n) is 4.07. The average molecular weight is 197 g/mol. The number of fused-ring (bicyclic) bond motifs is 1. The summed E-state index contributed by atoms with van der Waals surface area (Å²) in [5, 5.41) is 0. The summed E-state index contributed by atoms with van der Waals surface area (Å²) in [5.74, 6) is 0.144. The van der Waals surface area contributed by atoms with Crippen molar-refractivity contribution in [3.63, 3.8) is 0 Å². The lowest BCUT2D eigenvalue weighted by molar-refractivity contribution is 0.596. The van der Waals surface area contributed by atoms with Crippen LogP contribution in [0.3, 0.4) is 0 Å². The number of hydrogen-bond donors (Lipinski definition) is 0. The average Bonchev–Trinajstić information content (AvgIpc) is 2.28. The Morgan fingerprint density at radius 2 is 2.08 bits per heavy atom. The predicted octanol–water partition coefficient (Wildman–Crippen LogP) is 1.27.